The second kappa shape index (κ2) is 9.93. The molecular formula is C28H26N4O3. The fourth-order valence-electron chi connectivity index (χ4n) is 4.64. The molecule has 4 aromatic rings. The molecule has 5 rings (SSSR count). The highest BCUT2D eigenvalue weighted by atomic mass is 16.4. The molecule has 1 N–H and O–H groups in total. The highest BCUT2D eigenvalue weighted by Crippen LogP contribution is 2.26. The number of aromatic carboxylic acids is 1. The van der Waals surface area contributed by atoms with Gasteiger partial charge in [0, 0.05) is 18.2 Å². The van der Waals surface area contributed by atoms with E-state index in [1.165, 1.54) is 10.2 Å². The van der Waals surface area contributed by atoms with E-state index >= 15 is 0 Å². The lowest BCUT2D eigenvalue weighted by Crippen LogP contribution is -2.46. The molecule has 0 aliphatic carbocycles. The van der Waals surface area contributed by atoms with E-state index < -0.39 is 5.97 Å². The molecule has 1 fully saturated rings. The second-order valence-corrected chi connectivity index (χ2v) is 8.83. The molecule has 1 atom stereocenters. The molecule has 7 heteroatoms. The number of carboxylic acids is 1. The molecule has 1 amide bonds. The predicted molar refractivity (Wildman–Crippen MR) is 133 cm³/mol. The maximum Gasteiger partial charge on any atom is 0.346 e. The third-order valence-corrected chi connectivity index (χ3v) is 6.50. The van der Waals surface area contributed by atoms with Crippen LogP contribution in [0.15, 0.2) is 85.1 Å². The molecule has 1 aliphatic heterocycles. The number of aromatic nitrogens is 3. The van der Waals surface area contributed by atoms with Crippen molar-refractivity contribution in [1.82, 2.24) is 19.9 Å². The first-order valence-corrected chi connectivity index (χ1v) is 11.8. The topological polar surface area (TPSA) is 88.3 Å². The molecule has 176 valence electrons. The normalized spacial score (nSPS) is 15.7. The van der Waals surface area contributed by atoms with Crippen LogP contribution in [0.1, 0.15) is 35.2 Å². The molecule has 1 aromatic heterocycles. The Balaban J connectivity index is 1.32. The lowest BCUT2D eigenvalue weighted by molar-refractivity contribution is 0.0697. The Morgan fingerprint density at radius 2 is 1.66 bits per heavy atom. The largest absolute Gasteiger partial charge is 0.478 e. The number of carboxylic acid groups (broad SMARTS) is 1. The van der Waals surface area contributed by atoms with Crippen molar-refractivity contribution in [2.45, 2.75) is 31.7 Å². The number of piperidine rings is 1. The van der Waals surface area contributed by atoms with Gasteiger partial charge >= 0.3 is 12.0 Å². The first-order chi connectivity index (χ1) is 17.1. The summed E-state index contributed by atoms with van der Waals surface area (Å²) < 4.78 is 1.34. The van der Waals surface area contributed by atoms with Crippen molar-refractivity contribution in [3.63, 3.8) is 0 Å². The Bertz CT molecular complexity index is 1330. The minimum absolute atomic E-state index is 0.146. The van der Waals surface area contributed by atoms with Gasteiger partial charge in [-0.05, 0) is 54.5 Å². The molecule has 0 saturated carbocycles. The molecule has 3 aromatic carbocycles. The highest BCUT2D eigenvalue weighted by molar-refractivity contribution is 5.89. The van der Waals surface area contributed by atoms with Crippen LogP contribution < -0.4 is 0 Å². The summed E-state index contributed by atoms with van der Waals surface area (Å²) in [6, 6.07) is 24.7. The number of hydrogen-bond acceptors (Lipinski definition) is 4. The van der Waals surface area contributed by atoms with Gasteiger partial charge in [0.2, 0.25) is 0 Å². The van der Waals surface area contributed by atoms with Crippen molar-refractivity contribution < 1.29 is 14.7 Å². The van der Waals surface area contributed by atoms with Crippen molar-refractivity contribution in [2.75, 3.05) is 6.54 Å². The lowest BCUT2D eigenvalue weighted by atomic mass is 9.96. The Hall–Kier alpha value is -4.26. The van der Waals surface area contributed by atoms with Crippen LogP contribution in [-0.2, 0) is 6.42 Å². The fourth-order valence-corrected chi connectivity index (χ4v) is 4.64. The summed E-state index contributed by atoms with van der Waals surface area (Å²) in [6.07, 6.45) is 5.59. The minimum Gasteiger partial charge on any atom is -0.478 e. The molecule has 35 heavy (non-hydrogen) atoms. The van der Waals surface area contributed by atoms with Gasteiger partial charge < -0.3 is 10.0 Å². The SMILES string of the molecule is O=C(O)c1cccc(-c2ccc(-c3cn(C(=O)N4CCCC[C@@H]4Cc4ccccc4)nn3)cc2)c1. The summed E-state index contributed by atoms with van der Waals surface area (Å²) in [4.78, 5) is 26.5. The average molecular weight is 467 g/mol. The predicted octanol–water partition coefficient (Wildman–Crippen LogP) is 5.38. The number of carbonyl (C=O) groups is 2. The number of benzene rings is 3. The van der Waals surface area contributed by atoms with Crippen molar-refractivity contribution in [1.29, 1.82) is 0 Å². The monoisotopic (exact) mass is 466 g/mol. The Kier molecular flexibility index (Phi) is 6.39. The van der Waals surface area contributed by atoms with Gasteiger partial charge in [0.05, 0.1) is 11.8 Å². The van der Waals surface area contributed by atoms with Gasteiger partial charge in [-0.2, -0.15) is 4.68 Å². The van der Waals surface area contributed by atoms with Gasteiger partial charge in [0.1, 0.15) is 5.69 Å². The van der Waals surface area contributed by atoms with Gasteiger partial charge in [-0.25, -0.2) is 9.59 Å². The summed E-state index contributed by atoms with van der Waals surface area (Å²) in [5, 5.41) is 17.6. The zero-order chi connectivity index (χ0) is 24.2. The highest BCUT2D eigenvalue weighted by Gasteiger charge is 2.28. The first-order valence-electron chi connectivity index (χ1n) is 11.8. The second-order valence-electron chi connectivity index (χ2n) is 8.83. The zero-order valence-corrected chi connectivity index (χ0v) is 19.2. The molecule has 2 heterocycles. The van der Waals surface area contributed by atoms with E-state index in [1.807, 2.05) is 53.4 Å². The minimum atomic E-state index is -0.954. The van der Waals surface area contributed by atoms with Crippen molar-refractivity contribution >= 4 is 12.0 Å². The van der Waals surface area contributed by atoms with E-state index in [4.69, 9.17) is 0 Å². The maximum absolute atomic E-state index is 13.3. The fraction of sp³-hybridized carbons (Fsp3) is 0.214. The number of nitrogens with zero attached hydrogens (tertiary/aromatic N) is 4. The van der Waals surface area contributed by atoms with Crippen LogP contribution in [0.5, 0.6) is 0 Å². The maximum atomic E-state index is 13.3. The number of hydrogen-bond donors (Lipinski definition) is 1. The molecule has 1 saturated heterocycles. The average Bonchev–Trinajstić information content (AvgIpc) is 3.40. The molecule has 0 spiro atoms. The van der Waals surface area contributed by atoms with E-state index in [9.17, 15) is 14.7 Å². The number of rotatable bonds is 5. The molecule has 0 radical (unpaired) electrons. The van der Waals surface area contributed by atoms with Crippen LogP contribution in [0.3, 0.4) is 0 Å². The van der Waals surface area contributed by atoms with Gasteiger partial charge in [0.25, 0.3) is 0 Å². The van der Waals surface area contributed by atoms with Crippen molar-refractivity contribution in [3.05, 3.63) is 96.2 Å². The van der Waals surface area contributed by atoms with E-state index in [2.05, 4.69) is 22.4 Å². The summed E-state index contributed by atoms with van der Waals surface area (Å²) in [5.74, 6) is -0.954. The van der Waals surface area contributed by atoms with E-state index in [0.717, 1.165) is 48.9 Å². The van der Waals surface area contributed by atoms with Crippen LogP contribution in [-0.4, -0.2) is 49.6 Å². The third kappa shape index (κ3) is 4.99. The summed E-state index contributed by atoms with van der Waals surface area (Å²) in [5.41, 5.74) is 4.64. The summed E-state index contributed by atoms with van der Waals surface area (Å²) in [7, 11) is 0. The third-order valence-electron chi connectivity index (χ3n) is 6.50. The smallest absolute Gasteiger partial charge is 0.346 e. The Morgan fingerprint density at radius 3 is 2.43 bits per heavy atom. The summed E-state index contributed by atoms with van der Waals surface area (Å²) >= 11 is 0. The summed E-state index contributed by atoms with van der Waals surface area (Å²) in [6.45, 7) is 0.718. The standard InChI is InChI=1S/C28H26N4O3/c33-27(34)24-10-6-9-23(18-24)21-12-14-22(15-13-21)26-19-32(30-29-26)28(35)31-16-5-4-11-25(31)17-20-7-2-1-3-8-20/h1-3,6-10,12-15,18-19,25H,4-5,11,16-17H2,(H,33,34)/t25-/m1/s1. The van der Waals surface area contributed by atoms with E-state index in [0.29, 0.717) is 5.69 Å². The first kappa shape index (κ1) is 22.5. The molecule has 0 bridgehead atoms. The van der Waals surface area contributed by atoms with Gasteiger partial charge in [-0.15, -0.1) is 5.10 Å². The van der Waals surface area contributed by atoms with E-state index in [-0.39, 0.29) is 17.6 Å². The van der Waals surface area contributed by atoms with Crippen LogP contribution in [0.4, 0.5) is 4.79 Å². The van der Waals surface area contributed by atoms with Crippen LogP contribution in [0.2, 0.25) is 0 Å². The van der Waals surface area contributed by atoms with E-state index in [1.54, 1.807) is 24.4 Å². The molecule has 1 aliphatic rings. The van der Waals surface area contributed by atoms with Crippen molar-refractivity contribution in [2.24, 2.45) is 0 Å². The van der Waals surface area contributed by atoms with Crippen LogP contribution in [0, 0.1) is 0 Å². The van der Waals surface area contributed by atoms with Gasteiger partial charge in [-0.1, -0.05) is 71.9 Å². The van der Waals surface area contributed by atoms with Crippen LogP contribution >= 0.6 is 0 Å². The van der Waals surface area contributed by atoms with Gasteiger partial charge in [-0.3, -0.25) is 0 Å². The Morgan fingerprint density at radius 1 is 0.886 bits per heavy atom. The molecule has 7 nitrogen and oxygen atoms in total. The zero-order valence-electron chi connectivity index (χ0n) is 19.2. The quantitative estimate of drug-likeness (QED) is 0.427. The van der Waals surface area contributed by atoms with Crippen molar-refractivity contribution in [3.8, 4) is 22.4 Å². The number of carbonyl (C=O) groups excluding carboxylic acids is 1. The van der Waals surface area contributed by atoms with Crippen LogP contribution in [0.25, 0.3) is 22.4 Å². The number of likely N-dealkylation sites (tertiary alicyclic amines) is 1. The number of amides is 1. The molecular weight excluding hydrogens is 440 g/mol. The van der Waals surface area contributed by atoms with Gasteiger partial charge in [0.15, 0.2) is 0 Å². The molecule has 0 unspecified atom stereocenters. The lowest BCUT2D eigenvalue weighted by Gasteiger charge is -2.35. The Labute approximate surface area is 203 Å².